The normalized spacial score (nSPS) is 12.3. The molecule has 88 valence electrons. The number of aromatic nitrogens is 2. The van der Waals surface area contributed by atoms with Crippen molar-refractivity contribution >= 4 is 5.97 Å². The van der Waals surface area contributed by atoms with Gasteiger partial charge in [0.25, 0.3) is 0 Å². The monoisotopic (exact) mass is 231 g/mol. The number of aliphatic carboxylic acids is 1. The largest absolute Gasteiger partial charge is 0.480 e. The summed E-state index contributed by atoms with van der Waals surface area (Å²) < 4.78 is 1.70. The van der Waals surface area contributed by atoms with E-state index < -0.39 is 12.0 Å². The van der Waals surface area contributed by atoms with Crippen LogP contribution in [0.3, 0.4) is 0 Å². The van der Waals surface area contributed by atoms with Crippen molar-refractivity contribution in [1.29, 1.82) is 0 Å². The summed E-state index contributed by atoms with van der Waals surface area (Å²) in [5.74, 6) is -1.00. The summed E-state index contributed by atoms with van der Waals surface area (Å²) in [4.78, 5) is 10.6. The molecule has 1 aromatic heterocycles. The van der Waals surface area contributed by atoms with Gasteiger partial charge in [-0.15, -0.1) is 0 Å². The first-order chi connectivity index (χ1) is 8.16. The van der Waals surface area contributed by atoms with E-state index in [0.29, 0.717) is 0 Å². The standard InChI is InChI=1S/C12H13N3O2/c13-11(12(16)17)6-9-7-14-15(8-9)10-4-2-1-3-5-10/h1-5,7-8,11H,6,13H2,(H,16,17). The molecular formula is C12H13N3O2. The van der Waals surface area contributed by atoms with E-state index in [9.17, 15) is 4.79 Å². The molecule has 0 aliphatic carbocycles. The smallest absolute Gasteiger partial charge is 0.320 e. The van der Waals surface area contributed by atoms with E-state index in [1.165, 1.54) is 0 Å². The summed E-state index contributed by atoms with van der Waals surface area (Å²) in [6, 6.07) is 8.72. The highest BCUT2D eigenvalue weighted by atomic mass is 16.4. The molecule has 1 heterocycles. The summed E-state index contributed by atoms with van der Waals surface area (Å²) in [6.07, 6.45) is 3.70. The Bertz CT molecular complexity index is 507. The summed E-state index contributed by atoms with van der Waals surface area (Å²) in [5.41, 5.74) is 7.20. The second kappa shape index (κ2) is 4.80. The molecule has 0 saturated heterocycles. The van der Waals surface area contributed by atoms with E-state index in [2.05, 4.69) is 5.10 Å². The number of rotatable bonds is 4. The molecule has 0 fully saturated rings. The Kier molecular flexibility index (Phi) is 3.20. The molecule has 0 bridgehead atoms. The van der Waals surface area contributed by atoms with Crippen LogP contribution < -0.4 is 5.73 Å². The van der Waals surface area contributed by atoms with Crippen molar-refractivity contribution in [3.8, 4) is 5.69 Å². The van der Waals surface area contributed by atoms with Crippen LogP contribution in [0.1, 0.15) is 5.56 Å². The molecule has 0 aliphatic rings. The summed E-state index contributed by atoms with van der Waals surface area (Å²) in [7, 11) is 0. The molecule has 1 atom stereocenters. The molecule has 0 saturated carbocycles. The van der Waals surface area contributed by atoms with Crippen LogP contribution in [-0.2, 0) is 11.2 Å². The topological polar surface area (TPSA) is 81.1 Å². The van der Waals surface area contributed by atoms with E-state index >= 15 is 0 Å². The minimum atomic E-state index is -1.00. The highest BCUT2D eigenvalue weighted by Gasteiger charge is 2.13. The average Bonchev–Trinajstić information content (AvgIpc) is 2.78. The molecule has 1 unspecified atom stereocenters. The number of hydrogen-bond acceptors (Lipinski definition) is 3. The molecule has 5 nitrogen and oxygen atoms in total. The van der Waals surface area contributed by atoms with Crippen LogP contribution in [-0.4, -0.2) is 26.9 Å². The van der Waals surface area contributed by atoms with Crippen LogP contribution in [0.5, 0.6) is 0 Å². The van der Waals surface area contributed by atoms with Crippen LogP contribution in [0.15, 0.2) is 42.7 Å². The first-order valence-corrected chi connectivity index (χ1v) is 5.24. The van der Waals surface area contributed by atoms with Crippen molar-refractivity contribution < 1.29 is 9.90 Å². The lowest BCUT2D eigenvalue weighted by Crippen LogP contribution is -2.32. The molecule has 0 aliphatic heterocycles. The molecule has 3 N–H and O–H groups in total. The molecule has 2 rings (SSSR count). The Balaban J connectivity index is 2.14. The summed E-state index contributed by atoms with van der Waals surface area (Å²) >= 11 is 0. The maximum atomic E-state index is 10.6. The zero-order valence-electron chi connectivity index (χ0n) is 9.15. The number of nitrogens with two attached hydrogens (primary N) is 1. The Morgan fingerprint density at radius 1 is 1.41 bits per heavy atom. The van der Waals surface area contributed by atoms with Crippen LogP contribution in [0.4, 0.5) is 0 Å². The first kappa shape index (κ1) is 11.3. The van der Waals surface area contributed by atoms with E-state index in [1.54, 1.807) is 17.1 Å². The number of carboxylic acids is 1. The first-order valence-electron chi connectivity index (χ1n) is 5.24. The van der Waals surface area contributed by atoms with Gasteiger partial charge in [0, 0.05) is 12.6 Å². The van der Waals surface area contributed by atoms with Gasteiger partial charge in [0.2, 0.25) is 0 Å². The van der Waals surface area contributed by atoms with E-state index in [0.717, 1.165) is 11.3 Å². The number of nitrogens with zero attached hydrogens (tertiary/aromatic N) is 2. The fourth-order valence-electron chi connectivity index (χ4n) is 1.53. The van der Waals surface area contributed by atoms with Crippen molar-refractivity contribution in [1.82, 2.24) is 9.78 Å². The molecule has 5 heteroatoms. The Labute approximate surface area is 98.5 Å². The number of carbonyl (C=O) groups is 1. The third-order valence-electron chi connectivity index (χ3n) is 2.43. The van der Waals surface area contributed by atoms with Gasteiger partial charge in [0.15, 0.2) is 0 Å². The lowest BCUT2D eigenvalue weighted by atomic mass is 10.1. The van der Waals surface area contributed by atoms with Crippen LogP contribution >= 0.6 is 0 Å². The van der Waals surface area contributed by atoms with E-state index in [1.807, 2.05) is 30.3 Å². The van der Waals surface area contributed by atoms with Gasteiger partial charge in [0.1, 0.15) is 6.04 Å². The minimum absolute atomic E-state index is 0.280. The van der Waals surface area contributed by atoms with Crippen LogP contribution in [0, 0.1) is 0 Å². The van der Waals surface area contributed by atoms with Gasteiger partial charge in [-0.2, -0.15) is 5.10 Å². The van der Waals surface area contributed by atoms with Gasteiger partial charge >= 0.3 is 5.97 Å². The van der Waals surface area contributed by atoms with Gasteiger partial charge < -0.3 is 10.8 Å². The molecule has 1 aromatic carbocycles. The van der Waals surface area contributed by atoms with Crippen molar-refractivity contribution in [3.63, 3.8) is 0 Å². The Hall–Kier alpha value is -2.14. The number of carboxylic acid groups (broad SMARTS) is 1. The van der Waals surface area contributed by atoms with Gasteiger partial charge in [-0.3, -0.25) is 4.79 Å². The lowest BCUT2D eigenvalue weighted by Gasteiger charge is -2.03. The Morgan fingerprint density at radius 2 is 2.12 bits per heavy atom. The van der Waals surface area contributed by atoms with Gasteiger partial charge in [-0.05, 0) is 17.7 Å². The SMILES string of the molecule is NC(Cc1cnn(-c2ccccc2)c1)C(=O)O. The van der Waals surface area contributed by atoms with Crippen molar-refractivity contribution in [2.75, 3.05) is 0 Å². The van der Waals surface area contributed by atoms with Gasteiger partial charge in [-0.1, -0.05) is 18.2 Å². The lowest BCUT2D eigenvalue weighted by molar-refractivity contribution is -0.138. The molecule has 2 aromatic rings. The summed E-state index contributed by atoms with van der Waals surface area (Å²) in [6.45, 7) is 0. The van der Waals surface area contributed by atoms with Crippen LogP contribution in [0.25, 0.3) is 5.69 Å². The maximum absolute atomic E-state index is 10.6. The van der Waals surface area contributed by atoms with Crippen molar-refractivity contribution in [2.45, 2.75) is 12.5 Å². The third-order valence-corrected chi connectivity index (χ3v) is 2.43. The number of para-hydroxylation sites is 1. The predicted molar refractivity (Wildman–Crippen MR) is 62.9 cm³/mol. The fraction of sp³-hybridized carbons (Fsp3) is 0.167. The van der Waals surface area contributed by atoms with Gasteiger partial charge in [-0.25, -0.2) is 4.68 Å². The van der Waals surface area contributed by atoms with Crippen molar-refractivity contribution in [2.24, 2.45) is 5.73 Å². The van der Waals surface area contributed by atoms with Crippen LogP contribution in [0.2, 0.25) is 0 Å². The zero-order valence-corrected chi connectivity index (χ0v) is 9.15. The highest BCUT2D eigenvalue weighted by Crippen LogP contribution is 2.08. The fourth-order valence-corrected chi connectivity index (χ4v) is 1.53. The minimum Gasteiger partial charge on any atom is -0.480 e. The third kappa shape index (κ3) is 2.70. The van der Waals surface area contributed by atoms with Gasteiger partial charge in [0.05, 0.1) is 11.9 Å². The van der Waals surface area contributed by atoms with E-state index in [4.69, 9.17) is 10.8 Å². The highest BCUT2D eigenvalue weighted by molar-refractivity contribution is 5.73. The quantitative estimate of drug-likeness (QED) is 0.816. The second-order valence-electron chi connectivity index (χ2n) is 3.78. The van der Waals surface area contributed by atoms with Crippen molar-refractivity contribution in [3.05, 3.63) is 48.3 Å². The average molecular weight is 231 g/mol. The molecule has 0 amide bonds. The molecule has 0 spiro atoms. The second-order valence-corrected chi connectivity index (χ2v) is 3.78. The Morgan fingerprint density at radius 3 is 2.76 bits per heavy atom. The summed E-state index contributed by atoms with van der Waals surface area (Å²) in [5, 5.41) is 12.9. The molecule has 0 radical (unpaired) electrons. The number of hydrogen-bond donors (Lipinski definition) is 2. The predicted octanol–water partition coefficient (Wildman–Crippen LogP) is 0.827. The van der Waals surface area contributed by atoms with E-state index in [-0.39, 0.29) is 6.42 Å². The maximum Gasteiger partial charge on any atom is 0.320 e. The molecular weight excluding hydrogens is 218 g/mol. The number of benzene rings is 1. The zero-order chi connectivity index (χ0) is 12.3. The molecule has 17 heavy (non-hydrogen) atoms.